The van der Waals surface area contributed by atoms with Gasteiger partial charge in [0.2, 0.25) is 0 Å². The number of halogens is 2. The van der Waals surface area contributed by atoms with Gasteiger partial charge in [-0.05, 0) is 36.8 Å². The lowest BCUT2D eigenvalue weighted by atomic mass is 10.2. The van der Waals surface area contributed by atoms with Gasteiger partial charge in [-0.1, -0.05) is 6.07 Å². The van der Waals surface area contributed by atoms with Crippen molar-refractivity contribution in [3.63, 3.8) is 0 Å². The minimum absolute atomic E-state index is 0.376. The van der Waals surface area contributed by atoms with Crippen molar-refractivity contribution in [2.75, 3.05) is 6.54 Å². The molecule has 0 bridgehead atoms. The smallest absolute Gasteiger partial charge is 0.186 e. The molecule has 0 spiro atoms. The van der Waals surface area contributed by atoms with Gasteiger partial charge >= 0.3 is 0 Å². The van der Waals surface area contributed by atoms with Crippen LogP contribution in [0.5, 0.6) is 0 Å². The molecule has 86 valence electrons. The summed E-state index contributed by atoms with van der Waals surface area (Å²) in [4.78, 5) is 0. The SMILES string of the molecule is CCNC(=S)N/N=C\c1ccc(F)c(F)c1. The molecule has 0 aliphatic rings. The number of benzene rings is 1. The van der Waals surface area contributed by atoms with Crippen LogP contribution in [0.3, 0.4) is 0 Å². The fourth-order valence-corrected chi connectivity index (χ4v) is 1.16. The summed E-state index contributed by atoms with van der Waals surface area (Å²) in [5, 5.41) is 6.96. The van der Waals surface area contributed by atoms with E-state index in [1.54, 1.807) is 0 Å². The highest BCUT2D eigenvalue weighted by molar-refractivity contribution is 7.80. The molecule has 0 fully saturated rings. The summed E-state index contributed by atoms with van der Waals surface area (Å²) in [5.41, 5.74) is 2.99. The molecular weight excluding hydrogens is 232 g/mol. The van der Waals surface area contributed by atoms with Gasteiger partial charge in [0.05, 0.1) is 6.21 Å². The Labute approximate surface area is 97.5 Å². The molecule has 1 aromatic rings. The van der Waals surface area contributed by atoms with E-state index in [2.05, 4.69) is 15.8 Å². The van der Waals surface area contributed by atoms with E-state index in [0.29, 0.717) is 17.2 Å². The van der Waals surface area contributed by atoms with E-state index >= 15 is 0 Å². The van der Waals surface area contributed by atoms with Gasteiger partial charge < -0.3 is 5.32 Å². The molecule has 0 aromatic heterocycles. The van der Waals surface area contributed by atoms with E-state index in [-0.39, 0.29) is 0 Å². The van der Waals surface area contributed by atoms with Gasteiger partial charge in [-0.25, -0.2) is 8.78 Å². The lowest BCUT2D eigenvalue weighted by Gasteiger charge is -2.02. The molecule has 0 heterocycles. The molecule has 0 unspecified atom stereocenters. The summed E-state index contributed by atoms with van der Waals surface area (Å²) in [7, 11) is 0. The van der Waals surface area contributed by atoms with Crippen molar-refractivity contribution < 1.29 is 8.78 Å². The van der Waals surface area contributed by atoms with Crippen LogP contribution in [0.1, 0.15) is 12.5 Å². The molecule has 1 aromatic carbocycles. The van der Waals surface area contributed by atoms with Gasteiger partial charge in [0.15, 0.2) is 16.7 Å². The van der Waals surface area contributed by atoms with E-state index in [4.69, 9.17) is 12.2 Å². The number of rotatable bonds is 3. The number of nitrogens with one attached hydrogen (secondary N) is 2. The Morgan fingerprint density at radius 2 is 2.19 bits per heavy atom. The van der Waals surface area contributed by atoms with E-state index in [9.17, 15) is 8.78 Å². The molecule has 6 heteroatoms. The minimum Gasteiger partial charge on any atom is -0.362 e. The molecule has 0 aliphatic heterocycles. The molecule has 0 saturated heterocycles. The van der Waals surface area contributed by atoms with Crippen molar-refractivity contribution in [3.05, 3.63) is 35.4 Å². The predicted octanol–water partition coefficient (Wildman–Crippen LogP) is 1.78. The van der Waals surface area contributed by atoms with Gasteiger partial charge in [-0.3, -0.25) is 5.43 Å². The average molecular weight is 243 g/mol. The second-order valence-electron chi connectivity index (χ2n) is 2.90. The second-order valence-corrected chi connectivity index (χ2v) is 3.31. The predicted molar refractivity (Wildman–Crippen MR) is 63.4 cm³/mol. The summed E-state index contributed by atoms with van der Waals surface area (Å²) in [6.07, 6.45) is 1.35. The number of thiocarbonyl (C=S) groups is 1. The quantitative estimate of drug-likeness (QED) is 0.482. The fourth-order valence-electron chi connectivity index (χ4n) is 0.958. The monoisotopic (exact) mass is 243 g/mol. The van der Waals surface area contributed by atoms with Crippen molar-refractivity contribution in [1.29, 1.82) is 0 Å². The third kappa shape index (κ3) is 3.90. The maximum Gasteiger partial charge on any atom is 0.186 e. The molecule has 0 amide bonds. The molecule has 1 rings (SSSR count). The highest BCUT2D eigenvalue weighted by atomic mass is 32.1. The van der Waals surface area contributed by atoms with Crippen molar-refractivity contribution in [3.8, 4) is 0 Å². The zero-order valence-electron chi connectivity index (χ0n) is 8.63. The number of hydrogen-bond acceptors (Lipinski definition) is 2. The largest absolute Gasteiger partial charge is 0.362 e. The Morgan fingerprint density at radius 3 is 2.81 bits per heavy atom. The van der Waals surface area contributed by atoms with E-state index in [1.807, 2.05) is 6.92 Å². The first-order chi connectivity index (χ1) is 7.63. The van der Waals surface area contributed by atoms with Gasteiger partial charge in [-0.2, -0.15) is 5.10 Å². The van der Waals surface area contributed by atoms with Crippen LogP contribution in [0.25, 0.3) is 0 Å². The number of nitrogens with zero attached hydrogens (tertiary/aromatic N) is 1. The molecule has 3 nitrogen and oxygen atoms in total. The van der Waals surface area contributed by atoms with Crippen LogP contribution in [0, 0.1) is 11.6 Å². The summed E-state index contributed by atoms with van der Waals surface area (Å²) in [6, 6.07) is 3.51. The number of hydrazone groups is 1. The van der Waals surface area contributed by atoms with Crippen molar-refractivity contribution in [2.24, 2.45) is 5.10 Å². The molecular formula is C10H11F2N3S. The standard InChI is InChI=1S/C10H11F2N3S/c1-2-13-10(16)15-14-6-7-3-4-8(11)9(12)5-7/h3-6H,2H2,1H3,(H2,13,15,16)/b14-6-. The summed E-state index contributed by atoms with van der Waals surface area (Å²) in [5.74, 6) is -1.79. The van der Waals surface area contributed by atoms with Gasteiger partial charge in [-0.15, -0.1) is 0 Å². The van der Waals surface area contributed by atoms with Crippen LogP contribution in [-0.2, 0) is 0 Å². The van der Waals surface area contributed by atoms with Crippen molar-refractivity contribution >= 4 is 23.5 Å². The normalized spacial score (nSPS) is 10.4. The first kappa shape index (κ1) is 12.5. The summed E-state index contributed by atoms with van der Waals surface area (Å²) in [6.45, 7) is 2.58. The maximum atomic E-state index is 12.8. The summed E-state index contributed by atoms with van der Waals surface area (Å²) >= 11 is 4.85. The molecule has 0 saturated carbocycles. The van der Waals surface area contributed by atoms with Gasteiger partial charge in [0.25, 0.3) is 0 Å². The fraction of sp³-hybridized carbons (Fsp3) is 0.200. The third-order valence-electron chi connectivity index (χ3n) is 1.66. The van der Waals surface area contributed by atoms with E-state index in [0.717, 1.165) is 12.1 Å². The van der Waals surface area contributed by atoms with Crippen LogP contribution >= 0.6 is 12.2 Å². The summed E-state index contributed by atoms with van der Waals surface area (Å²) < 4.78 is 25.4. The van der Waals surface area contributed by atoms with Crippen molar-refractivity contribution in [2.45, 2.75) is 6.92 Å². The Balaban J connectivity index is 2.56. The Kier molecular flexibility index (Phi) is 4.78. The Hall–Kier alpha value is -1.56. The van der Waals surface area contributed by atoms with Gasteiger partial charge in [0.1, 0.15) is 0 Å². The van der Waals surface area contributed by atoms with Crippen LogP contribution in [0.15, 0.2) is 23.3 Å². The first-order valence-electron chi connectivity index (χ1n) is 4.65. The van der Waals surface area contributed by atoms with Crippen LogP contribution in [0.4, 0.5) is 8.78 Å². The molecule has 0 radical (unpaired) electrons. The second kappa shape index (κ2) is 6.12. The minimum atomic E-state index is -0.904. The van der Waals surface area contributed by atoms with E-state index < -0.39 is 11.6 Å². The first-order valence-corrected chi connectivity index (χ1v) is 5.06. The maximum absolute atomic E-state index is 12.8. The zero-order chi connectivity index (χ0) is 12.0. The number of hydrogen-bond donors (Lipinski definition) is 2. The highest BCUT2D eigenvalue weighted by Crippen LogP contribution is 2.06. The Bertz CT molecular complexity index is 407. The molecule has 0 aliphatic carbocycles. The highest BCUT2D eigenvalue weighted by Gasteiger charge is 2.00. The molecule has 16 heavy (non-hydrogen) atoms. The van der Waals surface area contributed by atoms with Crippen LogP contribution in [0.2, 0.25) is 0 Å². The molecule has 2 N–H and O–H groups in total. The topological polar surface area (TPSA) is 36.4 Å². The van der Waals surface area contributed by atoms with Crippen molar-refractivity contribution in [1.82, 2.24) is 10.7 Å². The van der Waals surface area contributed by atoms with Crippen LogP contribution in [-0.4, -0.2) is 17.9 Å². The lowest BCUT2D eigenvalue weighted by Crippen LogP contribution is -2.31. The zero-order valence-corrected chi connectivity index (χ0v) is 9.44. The van der Waals surface area contributed by atoms with E-state index in [1.165, 1.54) is 12.3 Å². The lowest BCUT2D eigenvalue weighted by molar-refractivity contribution is 0.508. The third-order valence-corrected chi connectivity index (χ3v) is 1.90. The molecule has 0 atom stereocenters. The van der Waals surface area contributed by atoms with Crippen LogP contribution < -0.4 is 10.7 Å². The Morgan fingerprint density at radius 1 is 1.44 bits per heavy atom. The van der Waals surface area contributed by atoms with Gasteiger partial charge in [0, 0.05) is 6.54 Å². The average Bonchev–Trinajstić information content (AvgIpc) is 2.24.